The number of aliphatic carboxylic acids is 1. The highest BCUT2D eigenvalue weighted by atomic mass is 32.2. The van der Waals surface area contributed by atoms with Gasteiger partial charge in [-0.3, -0.25) is 19.3 Å². The summed E-state index contributed by atoms with van der Waals surface area (Å²) in [6.45, 7) is 5.88. The first-order valence-corrected chi connectivity index (χ1v) is 16.6. The summed E-state index contributed by atoms with van der Waals surface area (Å²) in [7, 11) is 1.60. The van der Waals surface area contributed by atoms with Crippen molar-refractivity contribution in [3.05, 3.63) is 73.7 Å². The van der Waals surface area contributed by atoms with Gasteiger partial charge in [0.1, 0.15) is 12.6 Å². The van der Waals surface area contributed by atoms with Gasteiger partial charge in [0.25, 0.3) is 0 Å². The van der Waals surface area contributed by atoms with E-state index in [1.807, 2.05) is 43.3 Å². The molecule has 230 valence electrons. The van der Waals surface area contributed by atoms with E-state index in [9.17, 15) is 24.3 Å². The number of imide groups is 1. The third-order valence-corrected chi connectivity index (χ3v) is 12.5. The van der Waals surface area contributed by atoms with Crippen LogP contribution in [0.3, 0.4) is 0 Å². The fourth-order valence-electron chi connectivity index (χ4n) is 8.34. The molecule has 2 amide bonds. The number of ether oxygens (including phenoxy) is 2. The molecular weight excluding hydrogens is 601 g/mol. The number of aryl methyl sites for hydroxylation is 1. The Morgan fingerprint density at radius 3 is 2.50 bits per heavy atom. The van der Waals surface area contributed by atoms with E-state index in [0.29, 0.717) is 18.1 Å². The van der Waals surface area contributed by atoms with Gasteiger partial charge in [-0.05, 0) is 60.3 Å². The molecule has 3 fully saturated rings. The molecule has 11 heteroatoms. The number of carboxylic acids is 1. The van der Waals surface area contributed by atoms with Crippen LogP contribution >= 0.6 is 23.1 Å². The topological polar surface area (TPSA) is 126 Å². The fourth-order valence-corrected chi connectivity index (χ4v) is 11.2. The predicted molar refractivity (Wildman–Crippen MR) is 165 cm³/mol. The molecule has 3 heterocycles. The molecular formula is C33H34N2O7S2. The summed E-state index contributed by atoms with van der Waals surface area (Å²) in [6, 6.07) is 12.8. The number of nitrogens with one attached hydrogen (secondary N) is 1. The molecule has 2 aliphatic heterocycles. The molecule has 3 aromatic rings. The van der Waals surface area contributed by atoms with Crippen molar-refractivity contribution >= 4 is 40.9 Å². The Hall–Kier alpha value is -3.57. The Kier molecular flexibility index (Phi) is 7.16. The molecule has 8 atom stereocenters. The molecule has 44 heavy (non-hydrogen) atoms. The number of benzene rings is 2. The number of thioether (sulfide) groups is 1. The minimum atomic E-state index is -1.18. The van der Waals surface area contributed by atoms with E-state index < -0.39 is 29.8 Å². The number of carbonyl (C=O) groups is 3. The quantitative estimate of drug-likeness (QED) is 0.335. The van der Waals surface area contributed by atoms with Gasteiger partial charge in [-0.1, -0.05) is 61.1 Å². The van der Waals surface area contributed by atoms with Gasteiger partial charge < -0.3 is 19.6 Å². The zero-order valence-electron chi connectivity index (χ0n) is 24.8. The van der Waals surface area contributed by atoms with Crippen LogP contribution in [0.15, 0.2) is 52.3 Å². The van der Waals surface area contributed by atoms with E-state index in [0.717, 1.165) is 37.9 Å². The number of rotatable bonds is 8. The van der Waals surface area contributed by atoms with Crippen LogP contribution in [0.4, 0.5) is 0 Å². The van der Waals surface area contributed by atoms with Gasteiger partial charge in [-0.25, -0.2) is 4.79 Å². The molecule has 0 radical (unpaired) electrons. The molecule has 7 rings (SSSR count). The number of aromatic nitrogens is 1. The molecule has 2 saturated carbocycles. The van der Waals surface area contributed by atoms with Crippen LogP contribution in [0.2, 0.25) is 0 Å². The van der Waals surface area contributed by atoms with E-state index >= 15 is 0 Å². The van der Waals surface area contributed by atoms with Gasteiger partial charge in [0.15, 0.2) is 11.5 Å². The Balaban J connectivity index is 1.24. The number of H-pyrrole nitrogens is 1. The summed E-state index contributed by atoms with van der Waals surface area (Å²) in [5.74, 6) is -2.55. The van der Waals surface area contributed by atoms with Crippen LogP contribution in [0.1, 0.15) is 47.8 Å². The highest BCUT2D eigenvalue weighted by Gasteiger charge is 2.70. The second-order valence-corrected chi connectivity index (χ2v) is 14.9. The van der Waals surface area contributed by atoms with Crippen molar-refractivity contribution in [2.75, 3.05) is 7.11 Å². The Labute approximate surface area is 263 Å². The maximum absolute atomic E-state index is 13.9. The Morgan fingerprint density at radius 1 is 1.07 bits per heavy atom. The molecule has 2 aromatic carbocycles. The smallest absolute Gasteiger partial charge is 0.327 e. The molecule has 7 unspecified atom stereocenters. The summed E-state index contributed by atoms with van der Waals surface area (Å²) < 4.78 is 11.9. The Bertz CT molecular complexity index is 1730. The maximum atomic E-state index is 13.9. The van der Waals surface area contributed by atoms with Crippen molar-refractivity contribution in [1.29, 1.82) is 0 Å². The van der Waals surface area contributed by atoms with Gasteiger partial charge in [-0.15, -0.1) is 11.8 Å². The predicted octanol–water partition coefficient (Wildman–Crippen LogP) is 4.91. The van der Waals surface area contributed by atoms with E-state index in [1.54, 1.807) is 32.7 Å². The second kappa shape index (κ2) is 10.8. The maximum Gasteiger partial charge on any atom is 0.327 e. The average Bonchev–Trinajstić information content (AvgIpc) is 3.71. The average molecular weight is 635 g/mol. The largest absolute Gasteiger partial charge is 0.493 e. The van der Waals surface area contributed by atoms with Gasteiger partial charge in [0.05, 0.1) is 24.0 Å². The summed E-state index contributed by atoms with van der Waals surface area (Å²) in [6.07, 6.45) is 0.729. The number of fused-ring (bicyclic) bond motifs is 9. The van der Waals surface area contributed by atoms with Crippen molar-refractivity contribution in [3.63, 3.8) is 0 Å². The highest BCUT2D eigenvalue weighted by molar-refractivity contribution is 8.00. The third kappa shape index (κ3) is 4.42. The zero-order chi connectivity index (χ0) is 31.0. The monoisotopic (exact) mass is 634 g/mol. The van der Waals surface area contributed by atoms with E-state index in [-0.39, 0.29) is 45.6 Å². The van der Waals surface area contributed by atoms with Gasteiger partial charge in [0, 0.05) is 16.0 Å². The number of likely N-dealkylation sites (tertiary alicyclic amines) is 1. The van der Waals surface area contributed by atoms with Crippen molar-refractivity contribution < 1.29 is 29.0 Å². The van der Waals surface area contributed by atoms with Gasteiger partial charge >= 0.3 is 10.8 Å². The number of carboxylic acid groups (broad SMARTS) is 1. The summed E-state index contributed by atoms with van der Waals surface area (Å²) in [5.41, 5.74) is 3.16. The zero-order valence-corrected chi connectivity index (χ0v) is 26.4. The molecule has 2 bridgehead atoms. The lowest BCUT2D eigenvalue weighted by atomic mass is 9.68. The first-order valence-electron chi connectivity index (χ1n) is 14.9. The lowest BCUT2D eigenvalue weighted by Crippen LogP contribution is -2.49. The molecule has 2 N–H and O–H groups in total. The molecule has 0 spiro atoms. The fraction of sp³-hybridized carbons (Fsp3) is 0.455. The van der Waals surface area contributed by atoms with Gasteiger partial charge in [-0.2, -0.15) is 0 Å². The summed E-state index contributed by atoms with van der Waals surface area (Å²) in [5, 5.41) is 10.8. The van der Waals surface area contributed by atoms with E-state index in [4.69, 9.17) is 9.47 Å². The number of amides is 2. The molecule has 1 aromatic heterocycles. The van der Waals surface area contributed by atoms with Crippen molar-refractivity contribution in [1.82, 2.24) is 9.88 Å². The summed E-state index contributed by atoms with van der Waals surface area (Å²) in [4.78, 5) is 57.3. The van der Waals surface area contributed by atoms with Crippen molar-refractivity contribution in [3.8, 4) is 11.5 Å². The first kappa shape index (κ1) is 29.2. The number of thiazole rings is 1. The van der Waals surface area contributed by atoms with Crippen molar-refractivity contribution in [2.45, 2.75) is 56.0 Å². The summed E-state index contributed by atoms with van der Waals surface area (Å²) >= 11 is 2.80. The normalized spacial score (nSPS) is 29.0. The van der Waals surface area contributed by atoms with Crippen LogP contribution in [0, 0.1) is 42.4 Å². The number of hydrogen-bond acceptors (Lipinski definition) is 8. The number of methoxy groups -OCH3 is 1. The minimum absolute atomic E-state index is 0.00581. The highest BCUT2D eigenvalue weighted by Crippen LogP contribution is 2.68. The first-order chi connectivity index (χ1) is 21.1. The third-order valence-electron chi connectivity index (χ3n) is 9.94. The standard InChI is InChI=1S/C33H34N2O7S2/c1-14(2)26(32(38)39)35-30(36)24-18-12-19(25(24)31(35)37)27-23(18)22(28-29(43-27)34-33(40)44-28)17-8-9-20(21(11-17)41-4)42-13-16-7-5-6-15(3)10-16/h5-11,14,18-19,22-27H,12-13H2,1-4H3,(H,34,40)(H,38,39)/t18?,19?,22-,23?,24?,25?,26?,27?/m1/s1. The molecule has 9 nitrogen and oxygen atoms in total. The molecule has 2 aliphatic carbocycles. The van der Waals surface area contributed by atoms with Crippen molar-refractivity contribution in [2.24, 2.45) is 35.5 Å². The van der Waals surface area contributed by atoms with Crippen LogP contribution in [-0.2, 0) is 21.0 Å². The second-order valence-electron chi connectivity index (χ2n) is 12.7. The van der Waals surface area contributed by atoms with Crippen LogP contribution in [0.25, 0.3) is 0 Å². The molecule has 1 saturated heterocycles. The number of aromatic amines is 1. The van der Waals surface area contributed by atoms with Crippen LogP contribution in [-0.4, -0.2) is 51.2 Å². The van der Waals surface area contributed by atoms with E-state index in [1.165, 1.54) is 11.3 Å². The Morgan fingerprint density at radius 2 is 1.82 bits per heavy atom. The van der Waals surface area contributed by atoms with Crippen LogP contribution < -0.4 is 14.3 Å². The van der Waals surface area contributed by atoms with E-state index in [2.05, 4.69) is 11.1 Å². The number of nitrogens with zero attached hydrogens (tertiary/aromatic N) is 1. The lowest BCUT2D eigenvalue weighted by molar-refractivity contribution is -0.157. The molecule has 4 aliphatic rings. The minimum Gasteiger partial charge on any atom is -0.493 e. The van der Waals surface area contributed by atoms with Crippen LogP contribution in [0.5, 0.6) is 11.5 Å². The lowest BCUT2D eigenvalue weighted by Gasteiger charge is -2.43. The van der Waals surface area contributed by atoms with Gasteiger partial charge in [0.2, 0.25) is 11.8 Å². The number of hydrogen-bond donors (Lipinski definition) is 2. The SMILES string of the molecule is COc1cc([C@H]2c3sc(=O)[nH]c3SC3C4CC(C5C(=O)N(C(C(=O)O)C(C)C)C(=O)C45)C32)ccc1OCc1cccc(C)c1. The number of carbonyl (C=O) groups excluding carboxylic acids is 2.